The van der Waals surface area contributed by atoms with Crippen LogP contribution in [0.25, 0.3) is 10.8 Å². The Kier molecular flexibility index (Phi) is 3.76. The number of amides is 1. The van der Waals surface area contributed by atoms with Crippen LogP contribution in [0.4, 0.5) is 5.69 Å². The molecule has 3 aromatic rings. The average Bonchev–Trinajstić information content (AvgIpc) is 2.51. The smallest absolute Gasteiger partial charge is 0.255 e. The number of hydrogen-bond acceptors (Lipinski definition) is 1. The van der Waals surface area contributed by atoms with Crippen molar-refractivity contribution in [2.24, 2.45) is 0 Å². The summed E-state index contributed by atoms with van der Waals surface area (Å²) in [5.74, 6) is -0.0949. The van der Waals surface area contributed by atoms with E-state index in [1.807, 2.05) is 67.6 Å². The molecule has 0 bridgehead atoms. The Balaban J connectivity index is 1.97. The molecule has 0 spiro atoms. The van der Waals surface area contributed by atoms with Crippen LogP contribution in [0.5, 0.6) is 0 Å². The van der Waals surface area contributed by atoms with Gasteiger partial charge in [0.2, 0.25) is 0 Å². The third kappa shape index (κ3) is 2.83. The maximum absolute atomic E-state index is 12.3. The number of fused-ring (bicyclic) bond motifs is 1. The molecule has 0 saturated carbocycles. The Morgan fingerprint density at radius 3 is 2.29 bits per heavy atom. The van der Waals surface area contributed by atoms with Gasteiger partial charge in [0.1, 0.15) is 0 Å². The van der Waals surface area contributed by atoms with Gasteiger partial charge in [-0.25, -0.2) is 0 Å². The fourth-order valence-corrected chi connectivity index (χ4v) is 2.75. The second-order valence-electron chi connectivity index (χ2n) is 4.96. The van der Waals surface area contributed by atoms with Gasteiger partial charge in [-0.15, -0.1) is 0 Å². The van der Waals surface area contributed by atoms with Crippen molar-refractivity contribution in [3.63, 3.8) is 0 Å². The number of anilines is 1. The number of halogens is 1. The van der Waals surface area contributed by atoms with Gasteiger partial charge in [0, 0.05) is 21.1 Å². The summed E-state index contributed by atoms with van der Waals surface area (Å²) in [7, 11) is 0. The van der Waals surface area contributed by atoms with E-state index in [2.05, 4.69) is 21.2 Å². The summed E-state index contributed by atoms with van der Waals surface area (Å²) in [6.45, 7) is 2.00. The van der Waals surface area contributed by atoms with Gasteiger partial charge in [-0.05, 0) is 36.6 Å². The summed E-state index contributed by atoms with van der Waals surface area (Å²) < 4.78 is 1.02. The summed E-state index contributed by atoms with van der Waals surface area (Å²) in [5, 5.41) is 5.09. The van der Waals surface area contributed by atoms with E-state index in [9.17, 15) is 4.79 Å². The van der Waals surface area contributed by atoms with E-state index in [0.717, 1.165) is 26.5 Å². The summed E-state index contributed by atoms with van der Waals surface area (Å²) in [4.78, 5) is 12.3. The van der Waals surface area contributed by atoms with Crippen molar-refractivity contribution >= 4 is 38.3 Å². The van der Waals surface area contributed by atoms with Gasteiger partial charge >= 0.3 is 0 Å². The number of hydrogen-bond donors (Lipinski definition) is 1. The van der Waals surface area contributed by atoms with Gasteiger partial charge in [-0.2, -0.15) is 0 Å². The third-order valence-corrected chi connectivity index (χ3v) is 4.12. The van der Waals surface area contributed by atoms with Crippen molar-refractivity contribution in [3.8, 4) is 0 Å². The lowest BCUT2D eigenvalue weighted by molar-refractivity contribution is 0.102. The fraction of sp³-hybridized carbons (Fsp3) is 0.0556. The molecule has 0 atom stereocenters. The summed E-state index contributed by atoms with van der Waals surface area (Å²) in [6, 6.07) is 19.4. The van der Waals surface area contributed by atoms with E-state index < -0.39 is 0 Å². The first kappa shape index (κ1) is 13.8. The van der Waals surface area contributed by atoms with E-state index in [1.165, 1.54) is 0 Å². The number of carbonyl (C=O) groups is 1. The molecule has 0 saturated heterocycles. The molecule has 0 heterocycles. The lowest BCUT2D eigenvalue weighted by Gasteiger charge is -2.10. The lowest BCUT2D eigenvalue weighted by Crippen LogP contribution is -2.12. The molecule has 3 rings (SSSR count). The molecule has 0 aromatic heterocycles. The Labute approximate surface area is 131 Å². The predicted octanol–water partition coefficient (Wildman–Crippen LogP) is 5.16. The van der Waals surface area contributed by atoms with Crippen LogP contribution in [0, 0.1) is 6.92 Å². The number of nitrogens with one attached hydrogen (secondary N) is 1. The molecule has 1 N–H and O–H groups in total. The number of carbonyl (C=O) groups excluding carboxylic acids is 1. The highest BCUT2D eigenvalue weighted by Gasteiger charge is 2.09. The Hall–Kier alpha value is -2.13. The van der Waals surface area contributed by atoms with E-state index in [1.54, 1.807) is 0 Å². The number of rotatable bonds is 2. The molecule has 0 aliphatic heterocycles. The average molecular weight is 340 g/mol. The highest BCUT2D eigenvalue weighted by molar-refractivity contribution is 9.10. The van der Waals surface area contributed by atoms with Crippen molar-refractivity contribution in [1.82, 2.24) is 0 Å². The van der Waals surface area contributed by atoms with E-state index in [-0.39, 0.29) is 5.91 Å². The Morgan fingerprint density at radius 2 is 1.57 bits per heavy atom. The lowest BCUT2D eigenvalue weighted by atomic mass is 10.1. The van der Waals surface area contributed by atoms with Gasteiger partial charge in [-0.1, -0.05) is 57.9 Å². The first-order valence-corrected chi connectivity index (χ1v) is 7.50. The van der Waals surface area contributed by atoms with E-state index >= 15 is 0 Å². The van der Waals surface area contributed by atoms with Crippen molar-refractivity contribution in [2.75, 3.05) is 5.32 Å². The molecule has 0 radical (unpaired) electrons. The highest BCUT2D eigenvalue weighted by Crippen LogP contribution is 2.30. The van der Waals surface area contributed by atoms with E-state index in [0.29, 0.717) is 5.56 Å². The summed E-state index contributed by atoms with van der Waals surface area (Å²) in [6.07, 6.45) is 0. The standard InChI is InChI=1S/C18H14BrNO/c1-12-6-8-13(9-7-12)18(21)20-17-11-10-16(19)14-4-2-3-5-15(14)17/h2-11H,1H3,(H,20,21). The summed E-state index contributed by atoms with van der Waals surface area (Å²) in [5.41, 5.74) is 2.62. The molecule has 0 aliphatic rings. The second-order valence-corrected chi connectivity index (χ2v) is 5.82. The van der Waals surface area contributed by atoms with Gasteiger partial charge in [0.05, 0.1) is 0 Å². The minimum Gasteiger partial charge on any atom is -0.321 e. The topological polar surface area (TPSA) is 29.1 Å². The second kappa shape index (κ2) is 5.70. The van der Waals surface area contributed by atoms with Crippen LogP contribution in [0.15, 0.2) is 65.1 Å². The van der Waals surface area contributed by atoms with Gasteiger partial charge in [-0.3, -0.25) is 4.79 Å². The molecule has 1 amide bonds. The highest BCUT2D eigenvalue weighted by atomic mass is 79.9. The van der Waals surface area contributed by atoms with Crippen molar-refractivity contribution < 1.29 is 4.79 Å². The van der Waals surface area contributed by atoms with Crippen LogP contribution in [0.1, 0.15) is 15.9 Å². The Morgan fingerprint density at radius 1 is 0.905 bits per heavy atom. The van der Waals surface area contributed by atoms with Crippen LogP contribution in [0.2, 0.25) is 0 Å². The van der Waals surface area contributed by atoms with Crippen molar-refractivity contribution in [3.05, 3.63) is 76.3 Å². The SMILES string of the molecule is Cc1ccc(C(=O)Nc2ccc(Br)c3ccccc23)cc1. The molecule has 2 nitrogen and oxygen atoms in total. The molecule has 0 fully saturated rings. The molecular formula is C18H14BrNO. The molecular weight excluding hydrogens is 326 g/mol. The van der Waals surface area contributed by atoms with Crippen LogP contribution in [0.3, 0.4) is 0 Å². The number of aryl methyl sites for hydroxylation is 1. The van der Waals surface area contributed by atoms with Gasteiger partial charge in [0.25, 0.3) is 5.91 Å². The normalized spacial score (nSPS) is 10.6. The predicted molar refractivity (Wildman–Crippen MR) is 90.8 cm³/mol. The number of benzene rings is 3. The zero-order valence-electron chi connectivity index (χ0n) is 11.6. The Bertz CT molecular complexity index is 809. The molecule has 3 heteroatoms. The largest absolute Gasteiger partial charge is 0.321 e. The first-order valence-electron chi connectivity index (χ1n) is 6.70. The maximum atomic E-state index is 12.3. The van der Waals surface area contributed by atoms with Gasteiger partial charge in [0.15, 0.2) is 0 Å². The van der Waals surface area contributed by atoms with Crippen LogP contribution in [-0.4, -0.2) is 5.91 Å². The molecule has 104 valence electrons. The van der Waals surface area contributed by atoms with E-state index in [4.69, 9.17) is 0 Å². The van der Waals surface area contributed by atoms with Crippen LogP contribution < -0.4 is 5.32 Å². The van der Waals surface area contributed by atoms with Gasteiger partial charge < -0.3 is 5.32 Å². The molecule has 3 aromatic carbocycles. The third-order valence-electron chi connectivity index (χ3n) is 3.43. The monoisotopic (exact) mass is 339 g/mol. The van der Waals surface area contributed by atoms with Crippen LogP contribution >= 0.6 is 15.9 Å². The summed E-state index contributed by atoms with van der Waals surface area (Å²) >= 11 is 3.54. The molecule has 0 unspecified atom stereocenters. The zero-order valence-corrected chi connectivity index (χ0v) is 13.1. The molecule has 0 aliphatic carbocycles. The van der Waals surface area contributed by atoms with Crippen molar-refractivity contribution in [1.29, 1.82) is 0 Å². The quantitative estimate of drug-likeness (QED) is 0.686. The zero-order chi connectivity index (χ0) is 14.8. The molecule has 21 heavy (non-hydrogen) atoms. The minimum atomic E-state index is -0.0949. The maximum Gasteiger partial charge on any atom is 0.255 e. The first-order chi connectivity index (χ1) is 10.1. The van der Waals surface area contributed by atoms with Crippen molar-refractivity contribution in [2.45, 2.75) is 6.92 Å². The minimum absolute atomic E-state index is 0.0949. The fourth-order valence-electron chi connectivity index (χ4n) is 2.27. The van der Waals surface area contributed by atoms with Crippen LogP contribution in [-0.2, 0) is 0 Å².